The molecule has 2 fully saturated rings. The number of hydrogen-bond acceptors (Lipinski definition) is 4. The van der Waals surface area contributed by atoms with Crippen molar-refractivity contribution in [3.8, 4) is 0 Å². The van der Waals surface area contributed by atoms with Crippen LogP contribution in [0.5, 0.6) is 0 Å². The molecule has 0 amide bonds. The number of halogens is 1. The quantitative estimate of drug-likeness (QED) is 0.310. The molecular formula is C16H25IN4O3S. The summed E-state index contributed by atoms with van der Waals surface area (Å²) < 4.78 is 32.4. The fourth-order valence-electron chi connectivity index (χ4n) is 2.52. The van der Waals surface area contributed by atoms with E-state index in [4.69, 9.17) is 10.5 Å². The molecule has 1 aromatic carbocycles. The van der Waals surface area contributed by atoms with Gasteiger partial charge in [-0.05, 0) is 43.4 Å². The Hall–Kier alpha value is -0.910. The molecule has 1 heterocycles. The van der Waals surface area contributed by atoms with Crippen LogP contribution >= 0.6 is 24.0 Å². The van der Waals surface area contributed by atoms with Crippen molar-refractivity contribution in [3.63, 3.8) is 0 Å². The van der Waals surface area contributed by atoms with E-state index < -0.39 is 10.0 Å². The van der Waals surface area contributed by atoms with Gasteiger partial charge in [0.1, 0.15) is 0 Å². The molecule has 9 heteroatoms. The lowest BCUT2D eigenvalue weighted by molar-refractivity contribution is 0.114. The zero-order valence-corrected chi connectivity index (χ0v) is 17.1. The normalized spacial score (nSPS) is 21.0. The zero-order valence-electron chi connectivity index (χ0n) is 14.0. The number of sulfonamides is 1. The van der Waals surface area contributed by atoms with Crippen LogP contribution in [0.15, 0.2) is 34.2 Å². The molecule has 1 saturated heterocycles. The lowest BCUT2D eigenvalue weighted by Gasteiger charge is -2.11. The molecule has 0 radical (unpaired) electrons. The van der Waals surface area contributed by atoms with E-state index in [2.05, 4.69) is 15.0 Å². The van der Waals surface area contributed by atoms with Gasteiger partial charge < -0.3 is 15.8 Å². The van der Waals surface area contributed by atoms with Crippen LogP contribution in [0.3, 0.4) is 0 Å². The number of rotatable bonds is 7. The number of benzene rings is 1. The Labute approximate surface area is 165 Å². The van der Waals surface area contributed by atoms with Gasteiger partial charge in [0.25, 0.3) is 0 Å². The highest BCUT2D eigenvalue weighted by Crippen LogP contribution is 2.22. The van der Waals surface area contributed by atoms with E-state index in [1.165, 1.54) is 0 Å². The van der Waals surface area contributed by atoms with E-state index in [1.54, 1.807) is 24.3 Å². The second kappa shape index (κ2) is 9.15. The maximum Gasteiger partial charge on any atom is 0.240 e. The van der Waals surface area contributed by atoms with Crippen molar-refractivity contribution in [1.82, 2.24) is 10.0 Å². The third-order valence-electron chi connectivity index (χ3n) is 4.10. The fraction of sp³-hybridized carbons (Fsp3) is 0.562. The Morgan fingerprint density at radius 3 is 2.56 bits per heavy atom. The van der Waals surface area contributed by atoms with E-state index in [9.17, 15) is 8.42 Å². The van der Waals surface area contributed by atoms with Gasteiger partial charge in [-0.25, -0.2) is 18.1 Å². The molecule has 1 aliphatic heterocycles. The minimum Gasteiger partial charge on any atom is -0.376 e. The minimum atomic E-state index is -3.40. The Kier molecular flexibility index (Phi) is 7.47. The first-order chi connectivity index (χ1) is 11.5. The molecule has 3 rings (SSSR count). The number of hydrogen-bond donors (Lipinski definition) is 3. The summed E-state index contributed by atoms with van der Waals surface area (Å²) in [4.78, 5) is 4.55. The minimum absolute atomic E-state index is 0. The van der Waals surface area contributed by atoms with Gasteiger partial charge >= 0.3 is 0 Å². The summed E-state index contributed by atoms with van der Waals surface area (Å²) in [5.41, 5.74) is 6.74. The van der Waals surface area contributed by atoms with Gasteiger partial charge in [-0.1, -0.05) is 12.1 Å². The van der Waals surface area contributed by atoms with Gasteiger partial charge in [-0.3, -0.25) is 0 Å². The Balaban J connectivity index is 0.00000225. The van der Waals surface area contributed by atoms with Gasteiger partial charge in [-0.2, -0.15) is 0 Å². The summed E-state index contributed by atoms with van der Waals surface area (Å²) in [5.74, 6) is 0.373. The van der Waals surface area contributed by atoms with Crippen molar-refractivity contribution in [3.05, 3.63) is 29.8 Å². The third-order valence-corrected chi connectivity index (χ3v) is 5.64. The number of aliphatic imine (C=N–C) groups is 1. The lowest BCUT2D eigenvalue weighted by atomic mass is 10.2. The van der Waals surface area contributed by atoms with E-state index in [0.717, 1.165) is 37.9 Å². The van der Waals surface area contributed by atoms with E-state index in [0.29, 0.717) is 19.0 Å². The summed E-state index contributed by atoms with van der Waals surface area (Å²) in [6.45, 7) is 1.88. The lowest BCUT2D eigenvalue weighted by Crippen LogP contribution is -2.37. The Morgan fingerprint density at radius 1 is 1.24 bits per heavy atom. The second-order valence-electron chi connectivity index (χ2n) is 6.26. The van der Waals surface area contributed by atoms with Crippen LogP contribution in [-0.2, 0) is 21.3 Å². The van der Waals surface area contributed by atoms with Crippen LogP contribution in [0.25, 0.3) is 0 Å². The van der Waals surface area contributed by atoms with Crippen molar-refractivity contribution >= 4 is 40.0 Å². The highest BCUT2D eigenvalue weighted by atomic mass is 127. The molecular weight excluding hydrogens is 455 g/mol. The molecule has 1 unspecified atom stereocenters. The van der Waals surface area contributed by atoms with Crippen molar-refractivity contribution in [2.75, 3.05) is 13.2 Å². The summed E-state index contributed by atoms with van der Waals surface area (Å²) in [5, 5.41) is 3.06. The van der Waals surface area contributed by atoms with Crippen molar-refractivity contribution < 1.29 is 13.2 Å². The summed E-state index contributed by atoms with van der Waals surface area (Å²) in [7, 11) is -3.40. The summed E-state index contributed by atoms with van der Waals surface area (Å²) >= 11 is 0. The largest absolute Gasteiger partial charge is 0.376 e. The summed E-state index contributed by atoms with van der Waals surface area (Å²) in [6.07, 6.45) is 4.19. The van der Waals surface area contributed by atoms with Gasteiger partial charge in [0, 0.05) is 19.2 Å². The van der Waals surface area contributed by atoms with Crippen LogP contribution < -0.4 is 15.8 Å². The SMILES string of the molecule is I.NC(=NCc1ccc(S(=O)(=O)NC2CC2)cc1)NCC1CCCO1. The highest BCUT2D eigenvalue weighted by molar-refractivity contribution is 14.0. The van der Waals surface area contributed by atoms with Gasteiger partial charge in [0.05, 0.1) is 17.5 Å². The number of ether oxygens (including phenoxy) is 1. The van der Waals surface area contributed by atoms with Crippen LogP contribution in [0.2, 0.25) is 0 Å². The number of guanidine groups is 1. The topological polar surface area (TPSA) is 106 Å². The smallest absolute Gasteiger partial charge is 0.240 e. The first-order valence-electron chi connectivity index (χ1n) is 8.29. The molecule has 140 valence electrons. The molecule has 0 aromatic heterocycles. The van der Waals surface area contributed by atoms with Crippen LogP contribution in [0, 0.1) is 0 Å². The van der Waals surface area contributed by atoms with Crippen molar-refractivity contribution in [2.24, 2.45) is 10.7 Å². The fourth-order valence-corrected chi connectivity index (χ4v) is 3.82. The van der Waals surface area contributed by atoms with Crippen molar-refractivity contribution in [1.29, 1.82) is 0 Å². The first kappa shape index (κ1) is 20.4. The standard InChI is InChI=1S/C16H24N4O3S.HI/c17-16(19-11-14-2-1-9-23-14)18-10-12-3-7-15(8-4-12)24(21,22)20-13-5-6-13;/h3-4,7-8,13-14,20H,1-2,5-6,9-11H2,(H3,17,18,19);1H. The van der Waals surface area contributed by atoms with E-state index in [-0.39, 0.29) is 41.0 Å². The molecule has 4 N–H and O–H groups in total. The average Bonchev–Trinajstić information content (AvgIpc) is 3.21. The van der Waals surface area contributed by atoms with E-state index in [1.807, 2.05) is 0 Å². The molecule has 1 atom stereocenters. The molecule has 0 spiro atoms. The molecule has 25 heavy (non-hydrogen) atoms. The predicted octanol–water partition coefficient (Wildman–Crippen LogP) is 1.33. The maximum atomic E-state index is 12.1. The predicted molar refractivity (Wildman–Crippen MR) is 108 cm³/mol. The van der Waals surface area contributed by atoms with Crippen LogP contribution in [0.4, 0.5) is 0 Å². The monoisotopic (exact) mass is 480 g/mol. The summed E-state index contributed by atoms with van der Waals surface area (Å²) in [6, 6.07) is 6.84. The van der Waals surface area contributed by atoms with Crippen LogP contribution in [0.1, 0.15) is 31.2 Å². The molecule has 7 nitrogen and oxygen atoms in total. The Bertz CT molecular complexity index is 684. The molecule has 0 bridgehead atoms. The second-order valence-corrected chi connectivity index (χ2v) is 7.97. The average molecular weight is 480 g/mol. The number of nitrogens with zero attached hydrogens (tertiary/aromatic N) is 1. The first-order valence-corrected chi connectivity index (χ1v) is 9.78. The third kappa shape index (κ3) is 6.39. The molecule has 1 aliphatic carbocycles. The van der Waals surface area contributed by atoms with Gasteiger partial charge in [0.2, 0.25) is 10.0 Å². The number of nitrogens with two attached hydrogens (primary N) is 1. The molecule has 1 aromatic rings. The van der Waals surface area contributed by atoms with Crippen molar-refractivity contribution in [2.45, 2.75) is 49.3 Å². The van der Waals surface area contributed by atoms with Crippen LogP contribution in [-0.4, -0.2) is 39.7 Å². The Morgan fingerprint density at radius 2 is 1.96 bits per heavy atom. The zero-order chi connectivity index (χ0) is 17.0. The highest BCUT2D eigenvalue weighted by Gasteiger charge is 2.27. The van der Waals surface area contributed by atoms with Gasteiger partial charge in [-0.15, -0.1) is 24.0 Å². The molecule has 2 aliphatic rings. The number of nitrogens with one attached hydrogen (secondary N) is 2. The maximum absolute atomic E-state index is 12.1. The molecule has 1 saturated carbocycles. The van der Waals surface area contributed by atoms with E-state index >= 15 is 0 Å². The van der Waals surface area contributed by atoms with Gasteiger partial charge in [0.15, 0.2) is 5.96 Å².